The molecule has 1 atom stereocenters. The molecule has 0 fully saturated rings. The highest BCUT2D eigenvalue weighted by atomic mass is 16.6. The summed E-state index contributed by atoms with van der Waals surface area (Å²) in [7, 11) is 0. The van der Waals surface area contributed by atoms with E-state index in [0.29, 0.717) is 11.5 Å². The lowest BCUT2D eigenvalue weighted by Gasteiger charge is -2.18. The van der Waals surface area contributed by atoms with E-state index in [1.54, 1.807) is 0 Å². The quantitative estimate of drug-likeness (QED) is 0.559. The molecule has 0 spiro atoms. The van der Waals surface area contributed by atoms with Crippen molar-refractivity contribution in [1.82, 2.24) is 5.32 Å². The normalized spacial score (nSPS) is 12.4. The van der Waals surface area contributed by atoms with Gasteiger partial charge in [-0.05, 0) is 18.4 Å². The maximum atomic E-state index is 11.0. The van der Waals surface area contributed by atoms with Crippen LogP contribution in [0.3, 0.4) is 0 Å². The number of nitro groups is 2. The number of aliphatic hydroxyl groups is 1. The number of aliphatic hydroxyl groups excluding tert-OH is 1. The van der Waals surface area contributed by atoms with E-state index in [4.69, 9.17) is 0 Å². The summed E-state index contributed by atoms with van der Waals surface area (Å²) < 4.78 is 0. The van der Waals surface area contributed by atoms with Crippen molar-refractivity contribution in [3.8, 4) is 0 Å². The van der Waals surface area contributed by atoms with Crippen LogP contribution in [0.5, 0.6) is 0 Å². The van der Waals surface area contributed by atoms with Crippen LogP contribution in [0.15, 0.2) is 18.2 Å². The molecule has 2 N–H and O–H groups in total. The number of hydrogen-bond donors (Lipinski definition) is 2. The summed E-state index contributed by atoms with van der Waals surface area (Å²) in [6, 6.07) is 3.39. The van der Waals surface area contributed by atoms with Crippen molar-refractivity contribution in [1.29, 1.82) is 0 Å². The maximum Gasteiger partial charge on any atom is 0.280 e. The van der Waals surface area contributed by atoms with Gasteiger partial charge in [-0.1, -0.05) is 13.8 Å². The second kappa shape index (κ2) is 7.65. The molecule has 1 unspecified atom stereocenters. The van der Waals surface area contributed by atoms with Gasteiger partial charge in [0.15, 0.2) is 0 Å². The largest absolute Gasteiger partial charge is 0.395 e. The standard InChI is InChI=1S/C13H19N3O5/c1-9(2)5-11(8-17)14-7-10-3-4-12(15(18)19)6-13(10)16(20)21/h3-4,6,9,11,14,17H,5,7-8H2,1-2H3. The minimum atomic E-state index is -0.667. The zero-order chi connectivity index (χ0) is 16.0. The van der Waals surface area contributed by atoms with Crippen LogP contribution in [-0.2, 0) is 6.54 Å². The van der Waals surface area contributed by atoms with Gasteiger partial charge in [-0.3, -0.25) is 20.2 Å². The van der Waals surface area contributed by atoms with Crippen molar-refractivity contribution in [2.75, 3.05) is 6.61 Å². The lowest BCUT2D eigenvalue weighted by atomic mass is 10.0. The predicted molar refractivity (Wildman–Crippen MR) is 76.9 cm³/mol. The summed E-state index contributed by atoms with van der Waals surface area (Å²) in [5.74, 6) is 0.376. The van der Waals surface area contributed by atoms with Crippen molar-refractivity contribution < 1.29 is 15.0 Å². The summed E-state index contributed by atoms with van der Waals surface area (Å²) in [6.45, 7) is 4.13. The molecule has 0 saturated carbocycles. The average molecular weight is 297 g/mol. The fourth-order valence-corrected chi connectivity index (χ4v) is 2.03. The van der Waals surface area contributed by atoms with Gasteiger partial charge in [0.05, 0.1) is 22.5 Å². The van der Waals surface area contributed by atoms with Crippen LogP contribution < -0.4 is 5.32 Å². The van der Waals surface area contributed by atoms with E-state index in [0.717, 1.165) is 12.5 Å². The average Bonchev–Trinajstić information content (AvgIpc) is 2.42. The maximum absolute atomic E-state index is 11.0. The SMILES string of the molecule is CC(C)CC(CO)NCc1ccc([N+](=O)[O-])cc1[N+](=O)[O-]. The molecule has 21 heavy (non-hydrogen) atoms. The molecule has 116 valence electrons. The van der Waals surface area contributed by atoms with Crippen molar-refractivity contribution in [3.63, 3.8) is 0 Å². The second-order valence-electron chi connectivity index (χ2n) is 5.22. The van der Waals surface area contributed by atoms with Crippen LogP contribution in [0, 0.1) is 26.1 Å². The Kier molecular flexibility index (Phi) is 6.19. The third-order valence-corrected chi connectivity index (χ3v) is 3.03. The second-order valence-corrected chi connectivity index (χ2v) is 5.22. The summed E-state index contributed by atoms with van der Waals surface area (Å²) in [5, 5.41) is 33.9. The van der Waals surface area contributed by atoms with Gasteiger partial charge in [0.1, 0.15) is 0 Å². The van der Waals surface area contributed by atoms with E-state index in [9.17, 15) is 25.3 Å². The predicted octanol–water partition coefficient (Wildman–Crippen LogP) is 2.00. The fourth-order valence-electron chi connectivity index (χ4n) is 2.03. The number of nitrogens with one attached hydrogen (secondary N) is 1. The highest BCUT2D eigenvalue weighted by molar-refractivity contribution is 5.49. The topological polar surface area (TPSA) is 119 Å². The van der Waals surface area contributed by atoms with E-state index >= 15 is 0 Å². The Morgan fingerprint density at radius 1 is 1.24 bits per heavy atom. The van der Waals surface area contributed by atoms with Gasteiger partial charge >= 0.3 is 0 Å². The third-order valence-electron chi connectivity index (χ3n) is 3.03. The van der Waals surface area contributed by atoms with Crippen molar-refractivity contribution in [3.05, 3.63) is 44.0 Å². The molecule has 8 nitrogen and oxygen atoms in total. The number of non-ortho nitro benzene ring substituents is 1. The zero-order valence-electron chi connectivity index (χ0n) is 12.0. The van der Waals surface area contributed by atoms with Gasteiger partial charge in [0.2, 0.25) is 0 Å². The molecule has 0 aliphatic heterocycles. The molecule has 0 radical (unpaired) electrons. The van der Waals surface area contributed by atoms with Crippen LogP contribution in [0.1, 0.15) is 25.8 Å². The van der Waals surface area contributed by atoms with Crippen molar-refractivity contribution in [2.45, 2.75) is 32.9 Å². The highest BCUT2D eigenvalue weighted by Gasteiger charge is 2.20. The first-order valence-electron chi connectivity index (χ1n) is 6.61. The number of hydrogen-bond acceptors (Lipinski definition) is 6. The van der Waals surface area contributed by atoms with Gasteiger partial charge in [0, 0.05) is 24.2 Å². The molecule has 0 aliphatic carbocycles. The Bertz CT molecular complexity index is 519. The van der Waals surface area contributed by atoms with Crippen molar-refractivity contribution >= 4 is 11.4 Å². The first-order valence-corrected chi connectivity index (χ1v) is 6.61. The highest BCUT2D eigenvalue weighted by Crippen LogP contribution is 2.24. The molecule has 1 rings (SSSR count). The number of nitro benzene ring substituents is 2. The first-order chi connectivity index (χ1) is 9.85. The summed E-state index contributed by atoms with van der Waals surface area (Å²) >= 11 is 0. The lowest BCUT2D eigenvalue weighted by molar-refractivity contribution is -0.394. The van der Waals surface area contributed by atoms with Gasteiger partial charge in [-0.2, -0.15) is 0 Å². The summed E-state index contributed by atoms with van der Waals surface area (Å²) in [4.78, 5) is 20.3. The van der Waals surface area contributed by atoms with E-state index in [2.05, 4.69) is 5.32 Å². The van der Waals surface area contributed by atoms with Gasteiger partial charge in [-0.15, -0.1) is 0 Å². The molecular formula is C13H19N3O5. The molecule has 0 saturated heterocycles. The molecular weight excluding hydrogens is 278 g/mol. The Morgan fingerprint density at radius 3 is 2.38 bits per heavy atom. The van der Waals surface area contributed by atoms with Gasteiger partial charge in [0.25, 0.3) is 11.4 Å². The molecule has 1 aromatic carbocycles. The molecule has 0 aromatic heterocycles. The van der Waals surface area contributed by atoms with E-state index < -0.39 is 9.85 Å². The Balaban J connectivity index is 2.87. The minimum Gasteiger partial charge on any atom is -0.395 e. The minimum absolute atomic E-state index is 0.0705. The Morgan fingerprint density at radius 2 is 1.90 bits per heavy atom. The van der Waals surface area contributed by atoms with E-state index in [-0.39, 0.29) is 30.6 Å². The molecule has 8 heteroatoms. The lowest BCUT2D eigenvalue weighted by Crippen LogP contribution is -2.33. The summed E-state index contributed by atoms with van der Waals surface area (Å²) in [5.41, 5.74) is -0.253. The van der Waals surface area contributed by atoms with E-state index in [1.165, 1.54) is 12.1 Å². The smallest absolute Gasteiger partial charge is 0.280 e. The van der Waals surface area contributed by atoms with Gasteiger partial charge in [-0.25, -0.2) is 0 Å². The molecule has 0 heterocycles. The Labute approximate surface area is 122 Å². The fraction of sp³-hybridized carbons (Fsp3) is 0.538. The molecule has 0 amide bonds. The first kappa shape index (κ1) is 17.0. The monoisotopic (exact) mass is 297 g/mol. The van der Waals surface area contributed by atoms with Crippen molar-refractivity contribution in [2.24, 2.45) is 5.92 Å². The number of nitrogens with zero attached hydrogens (tertiary/aromatic N) is 2. The van der Waals surface area contributed by atoms with Crippen LogP contribution in [0.4, 0.5) is 11.4 Å². The van der Waals surface area contributed by atoms with Crippen LogP contribution in [-0.4, -0.2) is 27.6 Å². The van der Waals surface area contributed by atoms with Crippen LogP contribution in [0.25, 0.3) is 0 Å². The number of benzene rings is 1. The van der Waals surface area contributed by atoms with Crippen LogP contribution in [0.2, 0.25) is 0 Å². The van der Waals surface area contributed by atoms with Gasteiger partial charge < -0.3 is 10.4 Å². The molecule has 1 aromatic rings. The molecule has 0 bridgehead atoms. The summed E-state index contributed by atoms with van der Waals surface area (Å²) in [6.07, 6.45) is 0.733. The number of rotatable bonds is 8. The van der Waals surface area contributed by atoms with E-state index in [1.807, 2.05) is 13.8 Å². The molecule has 0 aliphatic rings. The zero-order valence-corrected chi connectivity index (χ0v) is 12.0. The third kappa shape index (κ3) is 5.09. The Hall–Kier alpha value is -2.06. The van der Waals surface area contributed by atoms with Crippen LogP contribution >= 0.6 is 0 Å².